The largest absolute Gasteiger partial charge is 0.369 e. The van der Waals surface area contributed by atoms with Crippen molar-refractivity contribution in [2.75, 3.05) is 0 Å². The first-order valence-corrected chi connectivity index (χ1v) is 7.01. The van der Waals surface area contributed by atoms with Crippen LogP contribution < -0.4 is 5.73 Å². The highest BCUT2D eigenvalue weighted by molar-refractivity contribution is 5.77. The lowest BCUT2D eigenvalue weighted by Gasteiger charge is -2.21. The van der Waals surface area contributed by atoms with Gasteiger partial charge in [0.1, 0.15) is 0 Å². The normalized spacial score (nSPS) is 14.1. The maximum absolute atomic E-state index is 11.6. The minimum absolute atomic E-state index is 0.0377. The van der Waals surface area contributed by atoms with E-state index in [0.29, 0.717) is 0 Å². The maximum atomic E-state index is 11.6. The third-order valence-electron chi connectivity index (χ3n) is 3.66. The van der Waals surface area contributed by atoms with Gasteiger partial charge in [-0.3, -0.25) is 4.79 Å². The number of nitrogens with two attached hydrogens (primary N) is 1. The van der Waals surface area contributed by atoms with Crippen molar-refractivity contribution in [3.05, 3.63) is 35.9 Å². The number of hydrogen-bond donors (Lipinski definition) is 1. The van der Waals surface area contributed by atoms with Gasteiger partial charge in [0, 0.05) is 5.92 Å². The lowest BCUT2D eigenvalue weighted by atomic mass is 9.83. The molecule has 0 aromatic heterocycles. The second kappa shape index (κ2) is 7.91. The Labute approximate surface area is 111 Å². The van der Waals surface area contributed by atoms with Gasteiger partial charge < -0.3 is 5.73 Å². The lowest BCUT2D eigenvalue weighted by Crippen LogP contribution is -2.27. The van der Waals surface area contributed by atoms with Crippen LogP contribution in [0, 0.1) is 5.92 Å². The first kappa shape index (κ1) is 14.7. The molecule has 0 saturated heterocycles. The first-order chi connectivity index (χ1) is 8.66. The van der Waals surface area contributed by atoms with Crippen LogP contribution in [0.3, 0.4) is 0 Å². The molecule has 0 heterocycles. The van der Waals surface area contributed by atoms with Crippen LogP contribution >= 0.6 is 0 Å². The predicted octanol–water partition coefficient (Wildman–Crippen LogP) is 3.86. The van der Waals surface area contributed by atoms with Gasteiger partial charge in [0.2, 0.25) is 5.91 Å². The molecule has 0 bridgehead atoms. The molecule has 2 N–H and O–H groups in total. The summed E-state index contributed by atoms with van der Waals surface area (Å²) in [6.45, 7) is 4.29. The molecule has 1 aromatic rings. The van der Waals surface area contributed by atoms with Crippen molar-refractivity contribution in [2.45, 2.75) is 51.9 Å². The zero-order valence-electron chi connectivity index (χ0n) is 11.6. The summed E-state index contributed by atoms with van der Waals surface area (Å²) in [6.07, 6.45) is 5.66. The van der Waals surface area contributed by atoms with Crippen molar-refractivity contribution in [2.24, 2.45) is 11.7 Å². The molecule has 18 heavy (non-hydrogen) atoms. The summed E-state index contributed by atoms with van der Waals surface area (Å²) in [5.74, 6) is 0.0115. The Morgan fingerprint density at radius 2 is 1.83 bits per heavy atom. The van der Waals surface area contributed by atoms with Gasteiger partial charge >= 0.3 is 0 Å². The molecule has 0 fully saturated rings. The van der Waals surface area contributed by atoms with Gasteiger partial charge in [-0.1, -0.05) is 69.9 Å². The van der Waals surface area contributed by atoms with Crippen LogP contribution in [-0.4, -0.2) is 5.91 Å². The van der Waals surface area contributed by atoms with Gasteiger partial charge in [-0.05, 0) is 17.9 Å². The van der Waals surface area contributed by atoms with Gasteiger partial charge in [0.15, 0.2) is 0 Å². The van der Waals surface area contributed by atoms with Gasteiger partial charge in [-0.15, -0.1) is 0 Å². The summed E-state index contributed by atoms with van der Waals surface area (Å²) in [5.41, 5.74) is 6.76. The molecule has 1 amide bonds. The SMILES string of the molecule is CCCCCCC(C(N)=O)C(C)c1ccccc1. The van der Waals surface area contributed by atoms with Crippen molar-refractivity contribution in [1.82, 2.24) is 0 Å². The minimum Gasteiger partial charge on any atom is -0.369 e. The molecule has 2 nitrogen and oxygen atoms in total. The third kappa shape index (κ3) is 4.52. The van der Waals surface area contributed by atoms with E-state index in [-0.39, 0.29) is 17.7 Å². The topological polar surface area (TPSA) is 43.1 Å². The van der Waals surface area contributed by atoms with E-state index in [9.17, 15) is 4.79 Å². The Morgan fingerprint density at radius 1 is 1.17 bits per heavy atom. The number of rotatable bonds is 8. The zero-order valence-corrected chi connectivity index (χ0v) is 11.6. The highest BCUT2D eigenvalue weighted by Gasteiger charge is 2.23. The molecule has 1 rings (SSSR count). The quantitative estimate of drug-likeness (QED) is 0.696. The highest BCUT2D eigenvalue weighted by Crippen LogP contribution is 2.28. The molecule has 1 aromatic carbocycles. The smallest absolute Gasteiger partial charge is 0.221 e. The highest BCUT2D eigenvalue weighted by atomic mass is 16.1. The minimum atomic E-state index is -0.164. The number of primary amides is 1. The molecule has 0 saturated carbocycles. The molecule has 2 unspecified atom stereocenters. The standard InChI is InChI=1S/C16H25NO/c1-3-4-5-9-12-15(16(17)18)13(2)14-10-7-6-8-11-14/h6-8,10-11,13,15H,3-5,9,12H2,1-2H3,(H2,17,18). The molecular formula is C16H25NO. The third-order valence-corrected chi connectivity index (χ3v) is 3.66. The van der Waals surface area contributed by atoms with E-state index in [1.165, 1.54) is 24.8 Å². The summed E-state index contributed by atoms with van der Waals surface area (Å²) in [5, 5.41) is 0. The van der Waals surface area contributed by atoms with E-state index in [4.69, 9.17) is 5.73 Å². The van der Waals surface area contributed by atoms with Crippen molar-refractivity contribution in [3.8, 4) is 0 Å². The first-order valence-electron chi connectivity index (χ1n) is 7.01. The fourth-order valence-electron chi connectivity index (χ4n) is 2.42. The number of hydrogen-bond acceptors (Lipinski definition) is 1. The molecule has 100 valence electrons. The average molecular weight is 247 g/mol. The number of amides is 1. The molecule has 0 aliphatic heterocycles. The van der Waals surface area contributed by atoms with Crippen LogP contribution in [0.5, 0.6) is 0 Å². The Balaban J connectivity index is 2.59. The van der Waals surface area contributed by atoms with E-state index in [1.807, 2.05) is 18.2 Å². The van der Waals surface area contributed by atoms with Crippen molar-refractivity contribution in [3.63, 3.8) is 0 Å². The summed E-state index contributed by atoms with van der Waals surface area (Å²) >= 11 is 0. The zero-order chi connectivity index (χ0) is 13.4. The van der Waals surface area contributed by atoms with Gasteiger partial charge in [0.25, 0.3) is 0 Å². The van der Waals surface area contributed by atoms with Crippen LogP contribution in [0.2, 0.25) is 0 Å². The molecule has 0 spiro atoms. The van der Waals surface area contributed by atoms with Crippen LogP contribution in [0.25, 0.3) is 0 Å². The van der Waals surface area contributed by atoms with E-state index < -0.39 is 0 Å². The predicted molar refractivity (Wildman–Crippen MR) is 76.3 cm³/mol. The van der Waals surface area contributed by atoms with Gasteiger partial charge in [0.05, 0.1) is 0 Å². The van der Waals surface area contributed by atoms with E-state index in [0.717, 1.165) is 12.8 Å². The van der Waals surface area contributed by atoms with Crippen LogP contribution in [0.1, 0.15) is 57.4 Å². The van der Waals surface area contributed by atoms with Crippen LogP contribution in [0.15, 0.2) is 30.3 Å². The molecular weight excluding hydrogens is 222 g/mol. The van der Waals surface area contributed by atoms with Crippen molar-refractivity contribution >= 4 is 5.91 Å². The van der Waals surface area contributed by atoms with Crippen molar-refractivity contribution < 1.29 is 4.79 Å². The summed E-state index contributed by atoms with van der Waals surface area (Å²) in [4.78, 5) is 11.6. The lowest BCUT2D eigenvalue weighted by molar-refractivity contribution is -0.122. The van der Waals surface area contributed by atoms with Crippen LogP contribution in [-0.2, 0) is 4.79 Å². The molecule has 0 aliphatic carbocycles. The Hall–Kier alpha value is -1.31. The molecule has 0 aliphatic rings. The second-order valence-electron chi connectivity index (χ2n) is 5.06. The average Bonchev–Trinajstić information content (AvgIpc) is 2.39. The summed E-state index contributed by atoms with van der Waals surface area (Å²) in [7, 11) is 0. The molecule has 2 atom stereocenters. The summed E-state index contributed by atoms with van der Waals surface area (Å²) in [6, 6.07) is 10.2. The van der Waals surface area contributed by atoms with Crippen LogP contribution in [0.4, 0.5) is 0 Å². The van der Waals surface area contributed by atoms with Gasteiger partial charge in [-0.25, -0.2) is 0 Å². The Kier molecular flexibility index (Phi) is 6.48. The number of benzene rings is 1. The Morgan fingerprint density at radius 3 is 2.39 bits per heavy atom. The van der Waals surface area contributed by atoms with Gasteiger partial charge in [-0.2, -0.15) is 0 Å². The number of carbonyl (C=O) groups is 1. The summed E-state index contributed by atoms with van der Waals surface area (Å²) < 4.78 is 0. The van der Waals surface area contributed by atoms with E-state index in [2.05, 4.69) is 26.0 Å². The molecule has 0 radical (unpaired) electrons. The number of carbonyl (C=O) groups excluding carboxylic acids is 1. The van der Waals surface area contributed by atoms with Crippen molar-refractivity contribution in [1.29, 1.82) is 0 Å². The van der Waals surface area contributed by atoms with E-state index in [1.54, 1.807) is 0 Å². The fraction of sp³-hybridized carbons (Fsp3) is 0.562. The Bertz CT molecular complexity index is 347. The molecule has 2 heteroatoms. The monoisotopic (exact) mass is 247 g/mol. The second-order valence-corrected chi connectivity index (χ2v) is 5.06. The maximum Gasteiger partial charge on any atom is 0.221 e. The number of unbranched alkanes of at least 4 members (excludes halogenated alkanes) is 3. The fourth-order valence-corrected chi connectivity index (χ4v) is 2.42. The van der Waals surface area contributed by atoms with E-state index >= 15 is 0 Å².